The lowest BCUT2D eigenvalue weighted by atomic mass is 10.3. The van der Waals surface area contributed by atoms with E-state index in [1.165, 1.54) is 0 Å². The third kappa shape index (κ3) is 3.66. The van der Waals surface area contributed by atoms with Crippen LogP contribution in [0, 0.1) is 0 Å². The predicted molar refractivity (Wildman–Crippen MR) is 79.6 cm³/mol. The maximum absolute atomic E-state index is 6.02. The first kappa shape index (κ1) is 14.3. The average Bonchev–Trinajstić information content (AvgIpc) is 2.42. The van der Waals surface area contributed by atoms with Gasteiger partial charge >= 0.3 is 0 Å². The summed E-state index contributed by atoms with van der Waals surface area (Å²) in [5.74, 6) is 1.30. The molecule has 1 heterocycles. The van der Waals surface area contributed by atoms with Crippen LogP contribution in [0.3, 0.4) is 0 Å². The van der Waals surface area contributed by atoms with Crippen LogP contribution >= 0.6 is 34.8 Å². The molecule has 1 aromatic carbocycles. The largest absolute Gasteiger partial charge is 0.487 e. The number of nitrogens with one attached hydrogen (secondary N) is 1. The Morgan fingerprint density at radius 2 is 1.84 bits per heavy atom. The van der Waals surface area contributed by atoms with E-state index in [2.05, 4.69) is 10.3 Å². The third-order valence-corrected chi connectivity index (χ3v) is 3.47. The molecule has 0 amide bonds. The fourth-order valence-corrected chi connectivity index (χ4v) is 2.03. The van der Waals surface area contributed by atoms with Gasteiger partial charge in [0.05, 0.1) is 15.1 Å². The first-order valence-corrected chi connectivity index (χ1v) is 6.63. The monoisotopic (exact) mass is 316 g/mol. The summed E-state index contributed by atoms with van der Waals surface area (Å²) in [5.41, 5.74) is 0.932. The van der Waals surface area contributed by atoms with Gasteiger partial charge in [-0.2, -0.15) is 0 Å². The van der Waals surface area contributed by atoms with Gasteiger partial charge < -0.3 is 10.1 Å². The molecule has 19 heavy (non-hydrogen) atoms. The summed E-state index contributed by atoms with van der Waals surface area (Å²) >= 11 is 17.8. The normalized spacial score (nSPS) is 10.3. The molecule has 0 aliphatic rings. The van der Waals surface area contributed by atoms with Crippen molar-refractivity contribution in [1.82, 2.24) is 4.98 Å². The van der Waals surface area contributed by atoms with Crippen molar-refractivity contribution in [2.75, 3.05) is 12.4 Å². The number of aromatic nitrogens is 1. The minimum atomic E-state index is 0.356. The smallest absolute Gasteiger partial charge is 0.139 e. The fraction of sp³-hybridized carbons (Fsp3) is 0.154. The molecule has 2 rings (SSSR count). The highest BCUT2D eigenvalue weighted by molar-refractivity contribution is 6.43. The van der Waals surface area contributed by atoms with Gasteiger partial charge in [-0.05, 0) is 12.1 Å². The quantitative estimate of drug-likeness (QED) is 0.833. The molecule has 0 radical (unpaired) electrons. The van der Waals surface area contributed by atoms with Crippen LogP contribution in [-0.4, -0.2) is 12.0 Å². The predicted octanol–water partition coefficient (Wildman–Crippen LogP) is 4.66. The molecule has 0 unspecified atom stereocenters. The van der Waals surface area contributed by atoms with Crippen LogP contribution in [0.25, 0.3) is 0 Å². The van der Waals surface area contributed by atoms with E-state index in [-0.39, 0.29) is 0 Å². The van der Waals surface area contributed by atoms with Crippen molar-refractivity contribution >= 4 is 40.6 Å². The number of pyridine rings is 1. The Morgan fingerprint density at radius 1 is 1.11 bits per heavy atom. The van der Waals surface area contributed by atoms with Crippen molar-refractivity contribution in [1.29, 1.82) is 0 Å². The summed E-state index contributed by atoms with van der Waals surface area (Å²) in [6, 6.07) is 6.95. The number of ether oxygens (including phenoxy) is 1. The summed E-state index contributed by atoms with van der Waals surface area (Å²) < 4.78 is 5.60. The van der Waals surface area contributed by atoms with E-state index in [0.29, 0.717) is 27.4 Å². The van der Waals surface area contributed by atoms with E-state index >= 15 is 0 Å². The molecule has 0 aliphatic carbocycles. The molecule has 0 bridgehead atoms. The Kier molecular flexibility index (Phi) is 4.75. The van der Waals surface area contributed by atoms with Crippen molar-refractivity contribution in [3.05, 3.63) is 51.1 Å². The molecule has 6 heteroatoms. The first-order valence-electron chi connectivity index (χ1n) is 5.50. The Morgan fingerprint density at radius 3 is 2.47 bits per heavy atom. The van der Waals surface area contributed by atoms with Gasteiger partial charge in [-0.1, -0.05) is 40.9 Å². The van der Waals surface area contributed by atoms with Crippen molar-refractivity contribution in [2.24, 2.45) is 0 Å². The lowest BCUT2D eigenvalue weighted by Gasteiger charge is -2.09. The molecule has 0 saturated carbocycles. The number of hydrogen-bond acceptors (Lipinski definition) is 3. The molecule has 0 fully saturated rings. The van der Waals surface area contributed by atoms with E-state index in [9.17, 15) is 0 Å². The van der Waals surface area contributed by atoms with Gasteiger partial charge in [0.15, 0.2) is 0 Å². The number of halogens is 3. The average molecular weight is 318 g/mol. The topological polar surface area (TPSA) is 34.1 Å². The standard InChI is InChI=1S/C13H11Cl3N2O/c1-17-13-3-2-8(6-18-13)7-19-12-5-10(15)9(14)4-11(12)16/h2-6H,7H2,1H3,(H,17,18). The number of benzene rings is 1. The van der Waals surface area contributed by atoms with E-state index in [0.717, 1.165) is 11.4 Å². The van der Waals surface area contributed by atoms with Crippen LogP contribution in [0.2, 0.25) is 15.1 Å². The van der Waals surface area contributed by atoms with Gasteiger partial charge in [0.25, 0.3) is 0 Å². The van der Waals surface area contributed by atoms with Crippen LogP contribution in [0.15, 0.2) is 30.5 Å². The zero-order valence-electron chi connectivity index (χ0n) is 10.1. The van der Waals surface area contributed by atoms with Crippen LogP contribution in [0.5, 0.6) is 5.75 Å². The van der Waals surface area contributed by atoms with Crippen molar-refractivity contribution in [3.63, 3.8) is 0 Å². The van der Waals surface area contributed by atoms with Crippen LogP contribution in [0.4, 0.5) is 5.82 Å². The first-order chi connectivity index (χ1) is 9.10. The molecular weight excluding hydrogens is 307 g/mol. The molecular formula is C13H11Cl3N2O. The number of rotatable bonds is 4. The second-order valence-electron chi connectivity index (χ2n) is 3.79. The highest BCUT2D eigenvalue weighted by Gasteiger charge is 2.07. The minimum Gasteiger partial charge on any atom is -0.487 e. The van der Waals surface area contributed by atoms with E-state index < -0.39 is 0 Å². The van der Waals surface area contributed by atoms with Crippen molar-refractivity contribution < 1.29 is 4.74 Å². The molecule has 1 N–H and O–H groups in total. The molecule has 0 saturated heterocycles. The fourth-order valence-electron chi connectivity index (χ4n) is 1.43. The van der Waals surface area contributed by atoms with Gasteiger partial charge in [-0.25, -0.2) is 4.98 Å². The van der Waals surface area contributed by atoms with Gasteiger partial charge in [-0.15, -0.1) is 0 Å². The Bertz CT molecular complexity index is 573. The molecule has 3 nitrogen and oxygen atoms in total. The summed E-state index contributed by atoms with van der Waals surface area (Å²) in [6.07, 6.45) is 1.73. The summed E-state index contributed by atoms with van der Waals surface area (Å²) in [7, 11) is 1.81. The zero-order chi connectivity index (χ0) is 13.8. The number of anilines is 1. The highest BCUT2D eigenvalue weighted by Crippen LogP contribution is 2.34. The van der Waals surface area contributed by atoms with Crippen LogP contribution in [0.1, 0.15) is 5.56 Å². The SMILES string of the molecule is CNc1ccc(COc2cc(Cl)c(Cl)cc2Cl)cn1. The molecule has 0 atom stereocenters. The molecule has 0 aliphatic heterocycles. The second kappa shape index (κ2) is 6.33. The van der Waals surface area contributed by atoms with E-state index in [1.807, 2.05) is 19.2 Å². The van der Waals surface area contributed by atoms with Crippen molar-refractivity contribution in [2.45, 2.75) is 6.61 Å². The van der Waals surface area contributed by atoms with Gasteiger partial charge in [-0.3, -0.25) is 0 Å². The molecule has 0 spiro atoms. The van der Waals surface area contributed by atoms with Crippen LogP contribution in [-0.2, 0) is 6.61 Å². The highest BCUT2D eigenvalue weighted by atomic mass is 35.5. The van der Waals surface area contributed by atoms with Crippen LogP contribution < -0.4 is 10.1 Å². The number of hydrogen-bond donors (Lipinski definition) is 1. The third-order valence-electron chi connectivity index (χ3n) is 2.45. The Hall–Kier alpha value is -1.16. The lowest BCUT2D eigenvalue weighted by Crippen LogP contribution is -1.98. The lowest BCUT2D eigenvalue weighted by molar-refractivity contribution is 0.306. The summed E-state index contributed by atoms with van der Waals surface area (Å²) in [5, 5.41) is 4.18. The number of nitrogens with zero attached hydrogens (tertiary/aromatic N) is 1. The Labute approximate surface area is 126 Å². The van der Waals surface area contributed by atoms with E-state index in [4.69, 9.17) is 39.5 Å². The second-order valence-corrected chi connectivity index (χ2v) is 5.01. The molecule has 1 aromatic heterocycles. The van der Waals surface area contributed by atoms with Crippen molar-refractivity contribution in [3.8, 4) is 5.75 Å². The van der Waals surface area contributed by atoms with Gasteiger partial charge in [0, 0.05) is 24.9 Å². The Balaban J connectivity index is 2.07. The maximum atomic E-state index is 6.02. The summed E-state index contributed by atoms with van der Waals surface area (Å²) in [6.45, 7) is 0.356. The summed E-state index contributed by atoms with van der Waals surface area (Å²) in [4.78, 5) is 4.19. The van der Waals surface area contributed by atoms with E-state index in [1.54, 1.807) is 18.3 Å². The zero-order valence-corrected chi connectivity index (χ0v) is 12.4. The van der Waals surface area contributed by atoms with Gasteiger partial charge in [0.1, 0.15) is 18.2 Å². The molecule has 100 valence electrons. The van der Waals surface area contributed by atoms with Gasteiger partial charge in [0.2, 0.25) is 0 Å². The maximum Gasteiger partial charge on any atom is 0.139 e. The minimum absolute atomic E-state index is 0.356. The molecule has 2 aromatic rings.